The van der Waals surface area contributed by atoms with Crippen molar-refractivity contribution in [3.63, 3.8) is 0 Å². The standard InChI is InChI=1S/C22H34N4O2/c1-2-26-16-20(15-24-26)14-23-13-19-8-7-9-22(12-19)28-18-21(27)17-25-10-5-3-4-6-11-25/h7-9,12,15-16,21,23,27H,2-6,10-11,13-14,17-18H2,1H3/t21-/m1/s1. The molecule has 2 aromatic rings. The van der Waals surface area contributed by atoms with E-state index in [1.807, 2.05) is 29.1 Å². The third kappa shape index (κ3) is 6.93. The summed E-state index contributed by atoms with van der Waals surface area (Å²) >= 11 is 0. The van der Waals surface area contributed by atoms with Crippen LogP contribution in [0.3, 0.4) is 0 Å². The first-order valence-corrected chi connectivity index (χ1v) is 10.6. The molecular formula is C22H34N4O2. The fourth-order valence-electron chi connectivity index (χ4n) is 3.63. The van der Waals surface area contributed by atoms with Gasteiger partial charge in [-0.25, -0.2) is 0 Å². The number of aromatic nitrogens is 2. The number of aliphatic hydroxyl groups is 1. The molecule has 1 aliphatic heterocycles. The molecule has 6 nitrogen and oxygen atoms in total. The number of β-amino-alcohol motifs (C(OH)–C–C–N with tert-alkyl or cyclic N) is 1. The molecule has 1 aromatic heterocycles. The van der Waals surface area contributed by atoms with Crippen molar-refractivity contribution in [2.24, 2.45) is 0 Å². The second-order valence-corrected chi connectivity index (χ2v) is 7.63. The van der Waals surface area contributed by atoms with Crippen LogP contribution in [0.1, 0.15) is 43.7 Å². The topological polar surface area (TPSA) is 62.6 Å². The van der Waals surface area contributed by atoms with Gasteiger partial charge in [0.05, 0.1) is 6.20 Å². The van der Waals surface area contributed by atoms with Crippen molar-refractivity contribution in [2.45, 2.75) is 58.3 Å². The van der Waals surface area contributed by atoms with Crippen molar-refractivity contribution >= 4 is 0 Å². The van der Waals surface area contributed by atoms with Crippen molar-refractivity contribution in [2.75, 3.05) is 26.2 Å². The summed E-state index contributed by atoms with van der Waals surface area (Å²) in [5.74, 6) is 0.813. The van der Waals surface area contributed by atoms with Gasteiger partial charge in [0.15, 0.2) is 0 Å². The molecule has 0 spiro atoms. The fourth-order valence-corrected chi connectivity index (χ4v) is 3.63. The first-order valence-electron chi connectivity index (χ1n) is 10.6. The zero-order chi connectivity index (χ0) is 19.6. The third-order valence-electron chi connectivity index (χ3n) is 5.18. The Morgan fingerprint density at radius 3 is 2.68 bits per heavy atom. The van der Waals surface area contributed by atoms with Crippen molar-refractivity contribution < 1.29 is 9.84 Å². The normalized spacial score (nSPS) is 16.6. The number of benzene rings is 1. The predicted octanol–water partition coefficient (Wildman–Crippen LogP) is 2.81. The second-order valence-electron chi connectivity index (χ2n) is 7.63. The summed E-state index contributed by atoms with van der Waals surface area (Å²) in [6, 6.07) is 8.08. The molecular weight excluding hydrogens is 352 g/mol. The van der Waals surface area contributed by atoms with Crippen molar-refractivity contribution in [1.82, 2.24) is 20.0 Å². The number of hydrogen-bond acceptors (Lipinski definition) is 5. The number of rotatable bonds is 10. The van der Waals surface area contributed by atoms with Crippen LogP contribution in [0.2, 0.25) is 0 Å². The predicted molar refractivity (Wildman–Crippen MR) is 111 cm³/mol. The van der Waals surface area contributed by atoms with Gasteiger partial charge in [-0.1, -0.05) is 25.0 Å². The molecule has 28 heavy (non-hydrogen) atoms. The molecule has 1 aromatic carbocycles. The van der Waals surface area contributed by atoms with E-state index in [-0.39, 0.29) is 0 Å². The third-order valence-corrected chi connectivity index (χ3v) is 5.18. The highest BCUT2D eigenvalue weighted by Crippen LogP contribution is 2.15. The molecule has 0 radical (unpaired) electrons. The molecule has 6 heteroatoms. The van der Waals surface area contributed by atoms with E-state index in [0.717, 1.165) is 38.5 Å². The number of hydrogen-bond donors (Lipinski definition) is 2. The van der Waals surface area contributed by atoms with Crippen LogP contribution in [0, 0.1) is 0 Å². The zero-order valence-electron chi connectivity index (χ0n) is 17.0. The first-order chi connectivity index (χ1) is 13.7. The maximum atomic E-state index is 10.3. The molecule has 2 heterocycles. The monoisotopic (exact) mass is 386 g/mol. The van der Waals surface area contributed by atoms with E-state index in [2.05, 4.69) is 34.5 Å². The van der Waals surface area contributed by atoms with Crippen LogP contribution in [0.5, 0.6) is 5.75 Å². The van der Waals surface area contributed by atoms with Gasteiger partial charge >= 0.3 is 0 Å². The summed E-state index contributed by atoms with van der Waals surface area (Å²) in [6.45, 7) is 7.76. The van der Waals surface area contributed by atoms with E-state index >= 15 is 0 Å². The Morgan fingerprint density at radius 1 is 1.14 bits per heavy atom. The minimum Gasteiger partial charge on any atom is -0.491 e. The van der Waals surface area contributed by atoms with Gasteiger partial charge in [-0.3, -0.25) is 4.68 Å². The lowest BCUT2D eigenvalue weighted by Crippen LogP contribution is -2.36. The van der Waals surface area contributed by atoms with Crippen molar-refractivity contribution in [3.8, 4) is 5.75 Å². The highest BCUT2D eigenvalue weighted by molar-refractivity contribution is 5.28. The van der Waals surface area contributed by atoms with Gasteiger partial charge < -0.3 is 20.1 Å². The molecule has 1 atom stereocenters. The molecule has 0 unspecified atom stereocenters. The van der Waals surface area contributed by atoms with Crippen LogP contribution >= 0.6 is 0 Å². The Labute approximate surface area is 168 Å². The molecule has 1 aliphatic rings. The Bertz CT molecular complexity index is 695. The van der Waals surface area contributed by atoms with E-state index in [9.17, 15) is 5.11 Å². The summed E-state index contributed by atoms with van der Waals surface area (Å²) in [5, 5.41) is 18.1. The Balaban J connectivity index is 1.39. The number of ether oxygens (including phenoxy) is 1. The van der Waals surface area contributed by atoms with Gasteiger partial charge in [-0.15, -0.1) is 0 Å². The lowest BCUT2D eigenvalue weighted by Gasteiger charge is -2.23. The highest BCUT2D eigenvalue weighted by atomic mass is 16.5. The summed E-state index contributed by atoms with van der Waals surface area (Å²) in [5.41, 5.74) is 2.35. The molecule has 0 bridgehead atoms. The SMILES string of the molecule is CCn1cc(CNCc2cccc(OC[C@H](O)CN3CCCCCC3)c2)cn1. The zero-order valence-corrected chi connectivity index (χ0v) is 17.0. The average Bonchev–Trinajstić information content (AvgIpc) is 3.02. The van der Waals surface area contributed by atoms with Crippen LogP contribution in [0.15, 0.2) is 36.7 Å². The molecule has 2 N–H and O–H groups in total. The van der Waals surface area contributed by atoms with Crippen LogP contribution in [0.25, 0.3) is 0 Å². The Kier molecular flexibility index (Phi) is 8.33. The lowest BCUT2D eigenvalue weighted by atomic mass is 10.2. The van der Waals surface area contributed by atoms with Crippen LogP contribution in [-0.4, -0.2) is 52.1 Å². The lowest BCUT2D eigenvalue weighted by molar-refractivity contribution is 0.0693. The molecule has 1 fully saturated rings. The molecule has 0 saturated carbocycles. The minimum atomic E-state index is -0.449. The smallest absolute Gasteiger partial charge is 0.119 e. The first kappa shape index (κ1) is 20.8. The van der Waals surface area contributed by atoms with Gasteiger partial charge in [-0.05, 0) is 50.6 Å². The fraction of sp³-hybridized carbons (Fsp3) is 0.591. The van der Waals surface area contributed by atoms with Crippen LogP contribution in [-0.2, 0) is 19.6 Å². The van der Waals surface area contributed by atoms with E-state index in [1.165, 1.54) is 36.8 Å². The van der Waals surface area contributed by atoms with E-state index in [4.69, 9.17) is 4.74 Å². The van der Waals surface area contributed by atoms with E-state index < -0.39 is 6.10 Å². The molecule has 154 valence electrons. The van der Waals surface area contributed by atoms with Gasteiger partial charge in [0.2, 0.25) is 0 Å². The maximum Gasteiger partial charge on any atom is 0.119 e. The summed E-state index contributed by atoms with van der Waals surface area (Å²) < 4.78 is 7.78. The van der Waals surface area contributed by atoms with E-state index in [1.54, 1.807) is 0 Å². The van der Waals surface area contributed by atoms with Crippen LogP contribution in [0.4, 0.5) is 0 Å². The molecule has 0 aliphatic carbocycles. The van der Waals surface area contributed by atoms with Gasteiger partial charge in [0.25, 0.3) is 0 Å². The van der Waals surface area contributed by atoms with Crippen molar-refractivity contribution in [1.29, 1.82) is 0 Å². The number of likely N-dealkylation sites (tertiary alicyclic amines) is 1. The van der Waals surface area contributed by atoms with Crippen molar-refractivity contribution in [3.05, 3.63) is 47.8 Å². The molecule has 0 amide bonds. The number of aliphatic hydroxyl groups excluding tert-OH is 1. The average molecular weight is 387 g/mol. The maximum absolute atomic E-state index is 10.3. The van der Waals surface area contributed by atoms with Gasteiger partial charge in [0.1, 0.15) is 18.5 Å². The summed E-state index contributed by atoms with van der Waals surface area (Å²) in [6.07, 6.45) is 8.62. The van der Waals surface area contributed by atoms with Gasteiger partial charge in [-0.2, -0.15) is 5.10 Å². The summed E-state index contributed by atoms with van der Waals surface area (Å²) in [4.78, 5) is 2.36. The highest BCUT2D eigenvalue weighted by Gasteiger charge is 2.14. The van der Waals surface area contributed by atoms with Gasteiger partial charge in [0, 0.05) is 37.9 Å². The Morgan fingerprint density at radius 2 is 1.93 bits per heavy atom. The molecule has 3 rings (SSSR count). The largest absolute Gasteiger partial charge is 0.491 e. The number of aryl methyl sites for hydroxylation is 1. The van der Waals surface area contributed by atoms with E-state index in [0.29, 0.717) is 13.2 Å². The number of nitrogens with one attached hydrogen (secondary N) is 1. The quantitative estimate of drug-likeness (QED) is 0.657. The summed E-state index contributed by atoms with van der Waals surface area (Å²) in [7, 11) is 0. The number of nitrogens with zero attached hydrogens (tertiary/aromatic N) is 3. The minimum absolute atomic E-state index is 0.337. The Hall–Kier alpha value is -1.89. The molecule has 1 saturated heterocycles. The van der Waals surface area contributed by atoms with Crippen LogP contribution < -0.4 is 10.1 Å². The second kappa shape index (κ2) is 11.2.